The Hall–Kier alpha value is -1.09. The summed E-state index contributed by atoms with van der Waals surface area (Å²) >= 11 is 0. The molecule has 1 saturated carbocycles. The lowest BCUT2D eigenvalue weighted by Crippen LogP contribution is -2.36. The fourth-order valence-electron chi connectivity index (χ4n) is 2.27. The Kier molecular flexibility index (Phi) is 2.91. The van der Waals surface area contributed by atoms with Crippen LogP contribution in [-0.2, 0) is 6.54 Å². The van der Waals surface area contributed by atoms with Crippen LogP contribution in [-0.4, -0.2) is 15.3 Å². The van der Waals surface area contributed by atoms with Crippen molar-refractivity contribution >= 4 is 0 Å². The van der Waals surface area contributed by atoms with Crippen LogP contribution in [0.3, 0.4) is 0 Å². The van der Waals surface area contributed by atoms with Gasteiger partial charge in [0.15, 0.2) is 0 Å². The lowest BCUT2D eigenvalue weighted by Gasteiger charge is -2.32. The minimum atomic E-state index is -0.521. The molecule has 3 nitrogen and oxygen atoms in total. The molecule has 2 rings (SSSR count). The van der Waals surface area contributed by atoms with E-state index in [9.17, 15) is 5.11 Å². The number of nitrogens with zero attached hydrogens (tertiary/aromatic N) is 1. The summed E-state index contributed by atoms with van der Waals surface area (Å²) in [5.41, 5.74) is -0.521. The largest absolute Gasteiger partial charge is 0.388 e. The van der Waals surface area contributed by atoms with Gasteiger partial charge in [0.05, 0.1) is 17.5 Å². The summed E-state index contributed by atoms with van der Waals surface area (Å²) in [6, 6.07) is 3.51. The highest BCUT2D eigenvalue weighted by molar-refractivity contribution is 4.93. The zero-order valence-corrected chi connectivity index (χ0v) is 8.95. The summed E-state index contributed by atoms with van der Waals surface area (Å²) in [6.07, 6.45) is 9.06. The molecular weight excluding hydrogens is 188 g/mol. The highest BCUT2D eigenvalue weighted by Crippen LogP contribution is 2.29. The van der Waals surface area contributed by atoms with E-state index in [-0.39, 0.29) is 0 Å². The molecule has 0 aromatic carbocycles. The maximum absolute atomic E-state index is 10.3. The minimum Gasteiger partial charge on any atom is -0.388 e. The molecule has 1 aromatic rings. The van der Waals surface area contributed by atoms with Gasteiger partial charge in [0, 0.05) is 12.4 Å². The van der Waals surface area contributed by atoms with Gasteiger partial charge < -0.3 is 15.1 Å². The molecule has 15 heavy (non-hydrogen) atoms. The zero-order chi connectivity index (χ0) is 10.7. The quantitative estimate of drug-likeness (QED) is 0.759. The van der Waals surface area contributed by atoms with Crippen LogP contribution in [0, 0.1) is 5.41 Å². The van der Waals surface area contributed by atoms with Gasteiger partial charge >= 0.3 is 0 Å². The van der Waals surface area contributed by atoms with Crippen LogP contribution >= 0.6 is 0 Å². The molecule has 1 fully saturated rings. The van der Waals surface area contributed by atoms with E-state index in [2.05, 4.69) is 0 Å². The molecule has 0 saturated heterocycles. The Balaban J connectivity index is 2.06. The molecule has 2 N–H and O–H groups in total. The first-order valence-corrected chi connectivity index (χ1v) is 5.61. The number of hydrogen-bond acceptors (Lipinski definition) is 2. The third kappa shape index (κ3) is 2.69. The minimum absolute atomic E-state index is 0.516. The molecule has 0 unspecified atom stereocenters. The van der Waals surface area contributed by atoms with Crippen molar-refractivity contribution in [2.24, 2.45) is 0 Å². The fraction of sp³-hybridized carbons (Fsp3) is 0.583. The van der Waals surface area contributed by atoms with Crippen LogP contribution in [0.4, 0.5) is 0 Å². The average molecular weight is 206 g/mol. The normalized spacial score (nSPS) is 20.1. The molecule has 0 bridgehead atoms. The molecule has 0 spiro atoms. The van der Waals surface area contributed by atoms with Crippen LogP contribution in [0.15, 0.2) is 24.5 Å². The summed E-state index contributed by atoms with van der Waals surface area (Å²) in [6.45, 7) is 0.660. The van der Waals surface area contributed by atoms with Gasteiger partial charge in [0.1, 0.15) is 0 Å². The van der Waals surface area contributed by atoms with Crippen LogP contribution < -0.4 is 5.36 Å². The molecule has 3 heteroatoms. The molecule has 1 aliphatic rings. The highest BCUT2D eigenvalue weighted by Gasteiger charge is 2.28. The second-order valence-electron chi connectivity index (χ2n) is 4.54. The molecule has 1 heterocycles. The topological polar surface area (TPSA) is 49.0 Å². The number of aromatic nitrogens is 1. The molecule has 82 valence electrons. The third-order valence-electron chi connectivity index (χ3n) is 3.15. The Morgan fingerprint density at radius 2 is 1.80 bits per heavy atom. The van der Waals surface area contributed by atoms with Gasteiger partial charge in [-0.25, -0.2) is 0 Å². The molecule has 1 aromatic heterocycles. The van der Waals surface area contributed by atoms with Crippen molar-refractivity contribution in [1.29, 1.82) is 5.41 Å². The van der Waals surface area contributed by atoms with Crippen molar-refractivity contribution in [3.63, 3.8) is 0 Å². The number of rotatable bonds is 2. The van der Waals surface area contributed by atoms with Crippen LogP contribution in [0.1, 0.15) is 32.1 Å². The highest BCUT2D eigenvalue weighted by atomic mass is 16.3. The summed E-state index contributed by atoms with van der Waals surface area (Å²) in [7, 11) is 0. The second-order valence-corrected chi connectivity index (χ2v) is 4.54. The molecular formula is C12H18N2O. The average Bonchev–Trinajstić information content (AvgIpc) is 2.22. The van der Waals surface area contributed by atoms with Gasteiger partial charge in [-0.2, -0.15) is 0 Å². The predicted molar refractivity (Wildman–Crippen MR) is 58.3 cm³/mol. The standard InChI is InChI=1S/C12H18N2O/c13-11-4-8-14(9-5-11)10-12(15)6-2-1-3-7-12/h4-5,8-9,13,15H,1-3,6-7,10H2. The van der Waals surface area contributed by atoms with E-state index < -0.39 is 5.60 Å². The van der Waals surface area contributed by atoms with Gasteiger partial charge in [-0.1, -0.05) is 19.3 Å². The van der Waals surface area contributed by atoms with E-state index in [1.807, 2.05) is 17.0 Å². The van der Waals surface area contributed by atoms with Crippen molar-refractivity contribution in [2.75, 3.05) is 0 Å². The summed E-state index contributed by atoms with van der Waals surface area (Å²) < 4.78 is 1.98. The van der Waals surface area contributed by atoms with E-state index in [4.69, 9.17) is 5.41 Å². The maximum atomic E-state index is 10.3. The van der Waals surface area contributed by atoms with E-state index in [0.29, 0.717) is 11.9 Å². The summed E-state index contributed by atoms with van der Waals surface area (Å²) in [5, 5.41) is 18.2. The van der Waals surface area contributed by atoms with Gasteiger partial charge in [-0.05, 0) is 25.0 Å². The summed E-state index contributed by atoms with van der Waals surface area (Å²) in [5.74, 6) is 0. The summed E-state index contributed by atoms with van der Waals surface area (Å²) in [4.78, 5) is 0. The van der Waals surface area contributed by atoms with Crippen molar-refractivity contribution in [1.82, 2.24) is 4.57 Å². The SMILES string of the molecule is N=c1ccn(CC2(O)CCCCC2)cc1. The fourth-order valence-corrected chi connectivity index (χ4v) is 2.27. The van der Waals surface area contributed by atoms with E-state index in [0.717, 1.165) is 25.7 Å². The van der Waals surface area contributed by atoms with E-state index in [1.165, 1.54) is 6.42 Å². The van der Waals surface area contributed by atoms with Gasteiger partial charge in [0.2, 0.25) is 0 Å². The third-order valence-corrected chi connectivity index (χ3v) is 3.15. The molecule has 1 aliphatic carbocycles. The van der Waals surface area contributed by atoms with Gasteiger partial charge in [0.25, 0.3) is 0 Å². The predicted octanol–water partition coefficient (Wildman–Crippen LogP) is 1.66. The van der Waals surface area contributed by atoms with E-state index in [1.54, 1.807) is 12.1 Å². The number of nitrogens with one attached hydrogen (secondary N) is 1. The maximum Gasteiger partial charge on any atom is 0.0825 e. The molecule has 0 aliphatic heterocycles. The van der Waals surface area contributed by atoms with Crippen molar-refractivity contribution < 1.29 is 5.11 Å². The lowest BCUT2D eigenvalue weighted by atomic mass is 9.85. The van der Waals surface area contributed by atoms with Crippen molar-refractivity contribution in [2.45, 2.75) is 44.2 Å². The Bertz CT molecular complexity index is 357. The second kappa shape index (κ2) is 4.19. The van der Waals surface area contributed by atoms with Crippen molar-refractivity contribution in [3.8, 4) is 0 Å². The van der Waals surface area contributed by atoms with Crippen molar-refractivity contribution in [3.05, 3.63) is 29.9 Å². The van der Waals surface area contributed by atoms with Crippen LogP contribution in [0.5, 0.6) is 0 Å². The number of hydrogen-bond donors (Lipinski definition) is 2. The van der Waals surface area contributed by atoms with E-state index >= 15 is 0 Å². The molecule has 0 amide bonds. The Labute approximate surface area is 89.9 Å². The molecule has 0 atom stereocenters. The monoisotopic (exact) mass is 206 g/mol. The smallest absolute Gasteiger partial charge is 0.0825 e. The van der Waals surface area contributed by atoms with Gasteiger partial charge in [-0.3, -0.25) is 0 Å². The first-order valence-electron chi connectivity index (χ1n) is 5.61. The first kappa shape index (κ1) is 10.4. The Morgan fingerprint density at radius 3 is 2.40 bits per heavy atom. The van der Waals surface area contributed by atoms with Crippen LogP contribution in [0.25, 0.3) is 0 Å². The zero-order valence-electron chi connectivity index (χ0n) is 8.95. The number of aliphatic hydroxyl groups is 1. The lowest BCUT2D eigenvalue weighted by molar-refractivity contribution is -0.0116. The molecule has 0 radical (unpaired) electrons. The first-order chi connectivity index (χ1) is 7.18. The van der Waals surface area contributed by atoms with Crippen LogP contribution in [0.2, 0.25) is 0 Å². The Morgan fingerprint density at radius 1 is 1.20 bits per heavy atom. The number of pyridine rings is 1. The van der Waals surface area contributed by atoms with Gasteiger partial charge in [-0.15, -0.1) is 0 Å².